The van der Waals surface area contributed by atoms with Crippen molar-refractivity contribution in [2.24, 2.45) is 5.10 Å². The number of carbonyl (C=O) groups is 2. The van der Waals surface area contributed by atoms with Gasteiger partial charge in [0.1, 0.15) is 5.75 Å². The first-order valence-corrected chi connectivity index (χ1v) is 11.2. The number of carbonyl (C=O) groups excluding carboxylic acids is 2. The number of nitrogens with one attached hydrogen (secondary N) is 2. The van der Waals surface area contributed by atoms with Crippen LogP contribution in [0, 0.1) is 0 Å². The molecular formula is C26H27ClN4O4. The molecular weight excluding hydrogens is 468 g/mol. The predicted molar refractivity (Wildman–Crippen MR) is 137 cm³/mol. The van der Waals surface area contributed by atoms with Gasteiger partial charge >= 0.3 is 0 Å². The molecule has 182 valence electrons. The standard InChI is InChI=1S/C26H27ClN4O4/c1-31(12-13-32)17-19-4-3-5-20(14-19)25(33)29-24-11-8-21(27)15-23(24)26(34)30-28-16-18-6-9-22(35-2)10-7-18/h3-11,14-16,32H,12-13,17H2,1-2H3,(H,29,33)(H,30,34)/b28-16+. The lowest BCUT2D eigenvalue weighted by Crippen LogP contribution is -2.22. The van der Waals surface area contributed by atoms with Crippen LogP contribution in [0.2, 0.25) is 5.02 Å². The third-order valence-corrected chi connectivity index (χ3v) is 5.33. The minimum Gasteiger partial charge on any atom is -0.497 e. The molecule has 0 aliphatic rings. The Kier molecular flexibility index (Phi) is 9.37. The molecule has 0 atom stereocenters. The number of benzene rings is 3. The van der Waals surface area contributed by atoms with Gasteiger partial charge in [0.05, 0.1) is 31.2 Å². The lowest BCUT2D eigenvalue weighted by atomic mass is 10.1. The predicted octanol–water partition coefficient (Wildman–Crippen LogP) is 3.79. The number of hydrazone groups is 1. The molecule has 3 aromatic carbocycles. The van der Waals surface area contributed by atoms with Gasteiger partial charge in [-0.3, -0.25) is 14.5 Å². The number of rotatable bonds is 10. The minimum atomic E-state index is -0.521. The lowest BCUT2D eigenvalue weighted by molar-refractivity contribution is 0.0956. The van der Waals surface area contributed by atoms with Crippen molar-refractivity contribution in [2.45, 2.75) is 6.54 Å². The van der Waals surface area contributed by atoms with Crippen LogP contribution in [0.1, 0.15) is 31.8 Å². The number of methoxy groups -OCH3 is 1. The Labute approximate surface area is 209 Å². The van der Waals surface area contributed by atoms with Gasteiger partial charge in [-0.25, -0.2) is 5.43 Å². The summed E-state index contributed by atoms with van der Waals surface area (Å²) in [5, 5.41) is 16.2. The number of aliphatic hydroxyl groups excluding tert-OH is 1. The number of nitrogens with zero attached hydrogens (tertiary/aromatic N) is 2. The van der Waals surface area contributed by atoms with E-state index < -0.39 is 5.91 Å². The number of amides is 2. The summed E-state index contributed by atoms with van der Waals surface area (Å²) in [6.07, 6.45) is 1.50. The van der Waals surface area contributed by atoms with E-state index >= 15 is 0 Å². The Morgan fingerprint density at radius 3 is 2.57 bits per heavy atom. The van der Waals surface area contributed by atoms with E-state index in [1.54, 1.807) is 61.7 Å². The van der Waals surface area contributed by atoms with E-state index in [9.17, 15) is 9.59 Å². The Balaban J connectivity index is 1.71. The number of halogens is 1. The molecule has 0 fully saturated rings. The maximum Gasteiger partial charge on any atom is 0.273 e. The van der Waals surface area contributed by atoms with Crippen LogP contribution in [0.15, 0.2) is 71.8 Å². The van der Waals surface area contributed by atoms with E-state index in [-0.39, 0.29) is 18.1 Å². The number of likely N-dealkylation sites (N-methyl/N-ethyl adjacent to an activating group) is 1. The van der Waals surface area contributed by atoms with Gasteiger partial charge in [0.25, 0.3) is 11.8 Å². The lowest BCUT2D eigenvalue weighted by Gasteiger charge is -2.16. The van der Waals surface area contributed by atoms with Crippen molar-refractivity contribution in [2.75, 3.05) is 32.6 Å². The highest BCUT2D eigenvalue weighted by atomic mass is 35.5. The fraction of sp³-hybridized carbons (Fsp3) is 0.192. The first-order chi connectivity index (χ1) is 16.9. The molecule has 0 heterocycles. The Morgan fingerprint density at radius 1 is 1.09 bits per heavy atom. The normalized spacial score (nSPS) is 11.0. The summed E-state index contributed by atoms with van der Waals surface area (Å²) in [6.45, 7) is 1.17. The molecule has 2 amide bonds. The summed E-state index contributed by atoms with van der Waals surface area (Å²) < 4.78 is 5.12. The van der Waals surface area contributed by atoms with Crippen molar-refractivity contribution in [3.05, 3.63) is 94.0 Å². The van der Waals surface area contributed by atoms with Crippen LogP contribution in [0.5, 0.6) is 5.75 Å². The van der Waals surface area contributed by atoms with Crippen LogP contribution < -0.4 is 15.5 Å². The van der Waals surface area contributed by atoms with Gasteiger partial charge in [0, 0.05) is 23.7 Å². The Morgan fingerprint density at radius 2 is 1.86 bits per heavy atom. The summed E-state index contributed by atoms with van der Waals surface area (Å²) in [7, 11) is 3.47. The zero-order chi connectivity index (χ0) is 25.2. The van der Waals surface area contributed by atoms with E-state index in [1.807, 2.05) is 18.0 Å². The molecule has 3 N–H and O–H groups in total. The molecule has 0 spiro atoms. The van der Waals surface area contributed by atoms with Crippen molar-refractivity contribution < 1.29 is 19.4 Å². The van der Waals surface area contributed by atoms with Gasteiger partial charge in [0.15, 0.2) is 0 Å². The number of aliphatic hydroxyl groups is 1. The van der Waals surface area contributed by atoms with Crippen LogP contribution in [0.25, 0.3) is 0 Å². The van der Waals surface area contributed by atoms with Crippen LogP contribution in [-0.2, 0) is 6.54 Å². The molecule has 8 nitrogen and oxygen atoms in total. The highest BCUT2D eigenvalue weighted by Crippen LogP contribution is 2.22. The van der Waals surface area contributed by atoms with Crippen molar-refractivity contribution in [3.63, 3.8) is 0 Å². The molecule has 9 heteroatoms. The summed E-state index contributed by atoms with van der Waals surface area (Å²) >= 11 is 6.10. The zero-order valence-electron chi connectivity index (χ0n) is 19.5. The summed E-state index contributed by atoms with van der Waals surface area (Å²) in [4.78, 5) is 27.7. The topological polar surface area (TPSA) is 103 Å². The quantitative estimate of drug-likeness (QED) is 0.294. The first kappa shape index (κ1) is 25.9. The van der Waals surface area contributed by atoms with Gasteiger partial charge < -0.3 is 15.2 Å². The molecule has 0 aliphatic heterocycles. The summed E-state index contributed by atoms with van der Waals surface area (Å²) in [5.74, 6) is -0.171. The molecule has 0 aromatic heterocycles. The van der Waals surface area contributed by atoms with Gasteiger partial charge in [-0.2, -0.15) is 5.10 Å². The van der Waals surface area contributed by atoms with E-state index in [2.05, 4.69) is 15.8 Å². The molecule has 35 heavy (non-hydrogen) atoms. The highest BCUT2D eigenvalue weighted by Gasteiger charge is 2.15. The molecule has 0 bridgehead atoms. The van der Waals surface area contributed by atoms with Gasteiger partial charge in [-0.15, -0.1) is 0 Å². The number of hydrogen-bond acceptors (Lipinski definition) is 6. The van der Waals surface area contributed by atoms with Gasteiger partial charge in [0.2, 0.25) is 0 Å². The van der Waals surface area contributed by atoms with Crippen LogP contribution in [0.4, 0.5) is 5.69 Å². The summed E-state index contributed by atoms with van der Waals surface area (Å²) in [6, 6.07) is 19.0. The largest absolute Gasteiger partial charge is 0.497 e. The maximum atomic E-state index is 12.9. The third kappa shape index (κ3) is 7.65. The van der Waals surface area contributed by atoms with Crippen molar-refractivity contribution >= 4 is 35.3 Å². The van der Waals surface area contributed by atoms with Crippen molar-refractivity contribution in [1.82, 2.24) is 10.3 Å². The number of hydrogen-bond donors (Lipinski definition) is 3. The second-order valence-electron chi connectivity index (χ2n) is 7.78. The van der Waals surface area contributed by atoms with Crippen LogP contribution in [-0.4, -0.2) is 55.3 Å². The fourth-order valence-corrected chi connectivity index (χ4v) is 3.47. The second-order valence-corrected chi connectivity index (χ2v) is 8.21. The molecule has 0 saturated carbocycles. The molecule has 0 aliphatic carbocycles. The Hall–Kier alpha value is -3.72. The average molecular weight is 495 g/mol. The third-order valence-electron chi connectivity index (χ3n) is 5.09. The second kappa shape index (κ2) is 12.7. The molecule has 3 aromatic rings. The molecule has 0 unspecified atom stereocenters. The van der Waals surface area contributed by atoms with Crippen molar-refractivity contribution in [1.29, 1.82) is 0 Å². The first-order valence-electron chi connectivity index (χ1n) is 10.9. The van der Waals surface area contributed by atoms with E-state index in [1.165, 1.54) is 12.3 Å². The number of ether oxygens (including phenoxy) is 1. The van der Waals surface area contributed by atoms with Gasteiger partial charge in [-0.1, -0.05) is 23.7 Å². The smallest absolute Gasteiger partial charge is 0.273 e. The van der Waals surface area contributed by atoms with Gasteiger partial charge in [-0.05, 0) is 72.8 Å². The zero-order valence-corrected chi connectivity index (χ0v) is 20.2. The van der Waals surface area contributed by atoms with Crippen molar-refractivity contribution in [3.8, 4) is 5.75 Å². The van der Waals surface area contributed by atoms with E-state index in [0.29, 0.717) is 35.1 Å². The molecule has 0 saturated heterocycles. The van der Waals surface area contributed by atoms with Crippen LogP contribution >= 0.6 is 11.6 Å². The molecule has 0 radical (unpaired) electrons. The number of anilines is 1. The fourth-order valence-electron chi connectivity index (χ4n) is 3.30. The summed E-state index contributed by atoms with van der Waals surface area (Å²) in [5.41, 5.74) is 5.09. The average Bonchev–Trinajstić information content (AvgIpc) is 2.85. The van der Waals surface area contributed by atoms with Crippen LogP contribution in [0.3, 0.4) is 0 Å². The highest BCUT2D eigenvalue weighted by molar-refractivity contribution is 6.31. The van der Waals surface area contributed by atoms with E-state index in [4.69, 9.17) is 21.4 Å². The minimum absolute atomic E-state index is 0.0578. The monoisotopic (exact) mass is 494 g/mol. The molecule has 3 rings (SSSR count). The van der Waals surface area contributed by atoms with E-state index in [0.717, 1.165) is 11.1 Å². The SMILES string of the molecule is COc1ccc(/C=N/NC(=O)c2cc(Cl)ccc2NC(=O)c2cccc(CN(C)CCO)c2)cc1. The Bertz CT molecular complexity index is 1200. The maximum absolute atomic E-state index is 12.9.